The molecule has 2 heterocycles. The Labute approximate surface area is 260 Å². The number of anilines is 1. The van der Waals surface area contributed by atoms with Crippen molar-refractivity contribution < 1.29 is 32.6 Å². The molecule has 2 aromatic heterocycles. The Morgan fingerprint density at radius 2 is 1.69 bits per heavy atom. The van der Waals surface area contributed by atoms with Gasteiger partial charge in [-0.3, -0.25) is 4.79 Å². The van der Waals surface area contributed by atoms with Gasteiger partial charge in [0.25, 0.3) is 0 Å². The molecule has 0 atom stereocenters. The molecule has 3 rings (SSSR count). The van der Waals surface area contributed by atoms with Crippen molar-refractivity contribution in [3.05, 3.63) is 45.8 Å². The van der Waals surface area contributed by atoms with E-state index in [1.807, 2.05) is 31.5 Å². The van der Waals surface area contributed by atoms with Crippen LogP contribution in [0.2, 0.25) is 25.7 Å². The third-order valence-corrected chi connectivity index (χ3v) is 8.38. The van der Waals surface area contributed by atoms with Gasteiger partial charge < -0.3 is 18.8 Å². The van der Waals surface area contributed by atoms with Crippen LogP contribution in [0.25, 0.3) is 11.0 Å². The van der Waals surface area contributed by atoms with E-state index in [1.54, 1.807) is 20.8 Å². The Hall–Kier alpha value is -2.58. The Bertz CT molecular complexity index is 1410. The van der Waals surface area contributed by atoms with Crippen LogP contribution >= 0.6 is 22.6 Å². The van der Waals surface area contributed by atoms with Gasteiger partial charge in [0.2, 0.25) is 5.91 Å². The van der Waals surface area contributed by atoms with E-state index in [0.717, 1.165) is 21.7 Å². The molecule has 0 spiro atoms. The van der Waals surface area contributed by atoms with Gasteiger partial charge >= 0.3 is 6.09 Å². The fourth-order valence-corrected chi connectivity index (χ4v) is 5.54. The predicted molar refractivity (Wildman–Crippen MR) is 171 cm³/mol. The second kappa shape index (κ2) is 13.0. The molecule has 0 aliphatic heterocycles. The number of aromatic nitrogens is 2. The lowest BCUT2D eigenvalue weighted by molar-refractivity contribution is -0.120. The molecule has 0 saturated carbocycles. The van der Waals surface area contributed by atoms with Crippen molar-refractivity contribution in [2.75, 3.05) is 11.5 Å². The Balaban J connectivity index is 1.94. The van der Waals surface area contributed by atoms with Gasteiger partial charge in [-0.05, 0) is 60.9 Å². The fourth-order valence-electron chi connectivity index (χ4n) is 3.94. The Kier molecular flexibility index (Phi) is 10.5. The molecule has 0 N–H and O–H groups in total. The predicted octanol–water partition coefficient (Wildman–Crippen LogP) is 8.73. The first kappa shape index (κ1) is 33.9. The van der Waals surface area contributed by atoms with E-state index in [1.165, 1.54) is 12.3 Å². The number of carbonyl (C=O) groups excluding carboxylic acids is 2. The summed E-state index contributed by atoms with van der Waals surface area (Å²) in [6.45, 7) is 18.1. The lowest BCUT2D eigenvalue weighted by atomic mass is 9.91. The van der Waals surface area contributed by atoms with E-state index in [2.05, 4.69) is 47.2 Å². The number of nitrogens with zero attached hydrogens (tertiary/aromatic N) is 3. The topological polar surface area (TPSA) is 82.9 Å². The van der Waals surface area contributed by atoms with Crippen molar-refractivity contribution in [1.82, 2.24) is 9.55 Å². The number of rotatable bonds is 9. The van der Waals surface area contributed by atoms with Crippen LogP contribution in [0.3, 0.4) is 0 Å². The largest absolute Gasteiger partial charge is 0.450 e. The summed E-state index contributed by atoms with van der Waals surface area (Å²) in [5.74, 6) is -3.30. The van der Waals surface area contributed by atoms with Crippen molar-refractivity contribution in [3.8, 4) is 11.5 Å². The molecule has 230 valence electrons. The first-order valence-corrected chi connectivity index (χ1v) is 18.5. The van der Waals surface area contributed by atoms with Crippen LogP contribution in [0.5, 0.6) is 11.5 Å². The quantitative estimate of drug-likeness (QED) is 0.125. The van der Waals surface area contributed by atoms with E-state index in [4.69, 9.17) is 14.2 Å². The van der Waals surface area contributed by atoms with Gasteiger partial charge in [0, 0.05) is 49.2 Å². The molecule has 0 unspecified atom stereocenters. The number of carbonyl (C=O) groups is 2. The highest BCUT2D eigenvalue weighted by molar-refractivity contribution is 14.1. The number of hydrogen-bond donors (Lipinski definition) is 0. The number of fused-ring (bicyclic) bond motifs is 1. The zero-order valence-electron chi connectivity index (χ0n) is 25.7. The van der Waals surface area contributed by atoms with Crippen LogP contribution in [0.1, 0.15) is 48.0 Å². The zero-order valence-corrected chi connectivity index (χ0v) is 28.9. The maximum Gasteiger partial charge on any atom is 0.421 e. The van der Waals surface area contributed by atoms with E-state index in [-0.39, 0.29) is 24.6 Å². The van der Waals surface area contributed by atoms with E-state index >= 15 is 8.78 Å². The molecule has 1 aromatic carbocycles. The summed E-state index contributed by atoms with van der Waals surface area (Å²) in [4.78, 5) is 31.3. The second-order valence-corrected chi connectivity index (χ2v) is 20.4. The van der Waals surface area contributed by atoms with Crippen LogP contribution in [0.15, 0.2) is 30.6 Å². The third kappa shape index (κ3) is 9.21. The molecule has 2 amide bonds. The van der Waals surface area contributed by atoms with Gasteiger partial charge in [-0.1, -0.05) is 40.4 Å². The molecule has 42 heavy (non-hydrogen) atoms. The summed E-state index contributed by atoms with van der Waals surface area (Å²) in [7, 11) is -1.24. The monoisotopic (exact) mass is 715 g/mol. The first-order chi connectivity index (χ1) is 19.3. The summed E-state index contributed by atoms with van der Waals surface area (Å²) in [6.07, 6.45) is 2.25. The fraction of sp³-hybridized carbons (Fsp3) is 0.500. The van der Waals surface area contributed by atoms with E-state index in [9.17, 15) is 9.59 Å². The number of imide groups is 1. The normalized spacial score (nSPS) is 12.5. The standard InChI is InChI=1S/C30H40F2IN3O5Si/c1-29(2,3)16-24(37)36(28(38)41-30(4,5)6)19-14-20(31)26(21(32)15-19)40-23-10-11-34-27-25(23)22(33)17-35(27)18-39-12-13-42(7,8)9/h10-11,14-15,17H,12-13,16,18H2,1-9H3. The highest BCUT2D eigenvalue weighted by atomic mass is 127. The molecule has 3 aromatic rings. The minimum absolute atomic E-state index is 0.0555. The lowest BCUT2D eigenvalue weighted by Crippen LogP contribution is -2.42. The van der Waals surface area contributed by atoms with Crippen molar-refractivity contribution in [3.63, 3.8) is 0 Å². The van der Waals surface area contributed by atoms with Crippen molar-refractivity contribution in [2.45, 2.75) is 86.0 Å². The molecular weight excluding hydrogens is 675 g/mol. The summed E-state index contributed by atoms with van der Waals surface area (Å²) in [5.41, 5.74) is -1.17. The zero-order chi connectivity index (χ0) is 31.6. The van der Waals surface area contributed by atoms with Crippen LogP contribution in [-0.4, -0.2) is 41.8 Å². The molecule has 0 fully saturated rings. The van der Waals surface area contributed by atoms with Gasteiger partial charge in [0.1, 0.15) is 23.7 Å². The van der Waals surface area contributed by atoms with Crippen LogP contribution in [0, 0.1) is 20.6 Å². The summed E-state index contributed by atoms with van der Waals surface area (Å²) in [6, 6.07) is 4.33. The number of amides is 2. The average molecular weight is 716 g/mol. The minimum Gasteiger partial charge on any atom is -0.450 e. The molecule has 0 radical (unpaired) electrons. The van der Waals surface area contributed by atoms with Gasteiger partial charge in [-0.15, -0.1) is 0 Å². The summed E-state index contributed by atoms with van der Waals surface area (Å²) < 4.78 is 50.6. The third-order valence-electron chi connectivity index (χ3n) is 5.86. The molecule has 12 heteroatoms. The number of pyridine rings is 1. The molecule has 0 aliphatic carbocycles. The maximum atomic E-state index is 15.5. The SMILES string of the molecule is CC(C)(C)CC(=O)N(C(=O)OC(C)(C)C)c1cc(F)c(Oc2ccnc3c2c(I)cn3COCC[Si](C)(C)C)c(F)c1. The average Bonchev–Trinajstić information content (AvgIpc) is 3.12. The van der Waals surface area contributed by atoms with Crippen molar-refractivity contribution in [2.24, 2.45) is 5.41 Å². The summed E-state index contributed by atoms with van der Waals surface area (Å²) in [5, 5.41) is 0.575. The highest BCUT2D eigenvalue weighted by Crippen LogP contribution is 2.37. The van der Waals surface area contributed by atoms with Crippen molar-refractivity contribution in [1.29, 1.82) is 0 Å². The molecular formula is C30H40F2IN3O5Si. The van der Waals surface area contributed by atoms with Gasteiger partial charge in [-0.2, -0.15) is 0 Å². The number of benzene rings is 1. The van der Waals surface area contributed by atoms with Gasteiger partial charge in [-0.25, -0.2) is 23.5 Å². The number of hydrogen-bond acceptors (Lipinski definition) is 6. The summed E-state index contributed by atoms with van der Waals surface area (Å²) >= 11 is 2.12. The Morgan fingerprint density at radius 1 is 1.07 bits per heavy atom. The maximum absolute atomic E-state index is 15.5. The van der Waals surface area contributed by atoms with E-state index in [0.29, 0.717) is 22.5 Å². The van der Waals surface area contributed by atoms with Gasteiger partial charge in [0.05, 0.1) is 11.1 Å². The van der Waals surface area contributed by atoms with E-state index < -0.39 is 48.5 Å². The smallest absolute Gasteiger partial charge is 0.421 e. The molecule has 0 bridgehead atoms. The van der Waals surface area contributed by atoms with Crippen LogP contribution < -0.4 is 9.64 Å². The van der Waals surface area contributed by atoms with Crippen LogP contribution in [0.4, 0.5) is 19.3 Å². The van der Waals surface area contributed by atoms with Crippen LogP contribution in [-0.2, 0) is 21.0 Å². The number of halogens is 3. The minimum atomic E-state index is -1.24. The van der Waals surface area contributed by atoms with Gasteiger partial charge in [0.15, 0.2) is 17.4 Å². The molecule has 0 aliphatic rings. The Morgan fingerprint density at radius 3 is 2.24 bits per heavy atom. The second-order valence-electron chi connectivity index (χ2n) is 13.6. The lowest BCUT2D eigenvalue weighted by Gasteiger charge is -2.28. The van der Waals surface area contributed by atoms with Crippen molar-refractivity contribution >= 4 is 59.4 Å². The first-order valence-electron chi connectivity index (χ1n) is 13.7. The molecule has 0 saturated heterocycles. The number of ether oxygens (including phenoxy) is 3. The highest BCUT2D eigenvalue weighted by Gasteiger charge is 2.33. The molecule has 8 nitrogen and oxygen atoms in total.